The topological polar surface area (TPSA) is 32.3 Å². The average Bonchev–Trinajstić information content (AvgIpc) is 2.16. The van der Waals surface area contributed by atoms with Gasteiger partial charge in [0.25, 0.3) is 0 Å². The molecule has 1 rings (SSSR count). The lowest BCUT2D eigenvalue weighted by atomic mass is 9.96. The van der Waals surface area contributed by atoms with Crippen molar-refractivity contribution >= 4 is 5.91 Å². The Hall–Kier alpha value is -0.830. The predicted molar refractivity (Wildman–Crippen MR) is 62.7 cm³/mol. The maximum Gasteiger partial charge on any atom is 0.216 e. The number of carbonyl (C=O) groups is 1. The summed E-state index contributed by atoms with van der Waals surface area (Å²) < 4.78 is 0. The molecule has 0 aromatic heterocycles. The Balaban J connectivity index is 2.18. The van der Waals surface area contributed by atoms with Crippen molar-refractivity contribution in [3.8, 4) is 0 Å². The highest BCUT2D eigenvalue weighted by Gasteiger charge is 2.18. The van der Waals surface area contributed by atoms with Crippen molar-refractivity contribution in [3.05, 3.63) is 12.2 Å². The van der Waals surface area contributed by atoms with Gasteiger partial charge in [-0.3, -0.25) is 9.69 Å². The van der Waals surface area contributed by atoms with Gasteiger partial charge in [0.1, 0.15) is 0 Å². The van der Waals surface area contributed by atoms with Crippen LogP contribution in [0.1, 0.15) is 26.7 Å². The summed E-state index contributed by atoms with van der Waals surface area (Å²) in [5.41, 5.74) is 1.23. The van der Waals surface area contributed by atoms with Crippen molar-refractivity contribution in [1.29, 1.82) is 0 Å². The van der Waals surface area contributed by atoms with Gasteiger partial charge in [-0.2, -0.15) is 0 Å². The van der Waals surface area contributed by atoms with E-state index in [0.29, 0.717) is 5.92 Å². The third-order valence-electron chi connectivity index (χ3n) is 2.84. The first-order valence-electron chi connectivity index (χ1n) is 5.69. The molecule has 0 radical (unpaired) electrons. The monoisotopic (exact) mass is 210 g/mol. The van der Waals surface area contributed by atoms with Crippen LogP contribution in [-0.2, 0) is 4.79 Å². The molecule has 3 heteroatoms. The molecule has 86 valence electrons. The van der Waals surface area contributed by atoms with Crippen LogP contribution in [0.25, 0.3) is 0 Å². The number of rotatable bonds is 4. The minimum absolute atomic E-state index is 0.0827. The summed E-state index contributed by atoms with van der Waals surface area (Å²) in [6, 6.07) is 0. The third-order valence-corrected chi connectivity index (χ3v) is 2.84. The normalized spacial score (nSPS) is 18.8. The molecular formula is C12H22N2O. The summed E-state index contributed by atoms with van der Waals surface area (Å²) >= 11 is 0. The molecule has 0 aromatic carbocycles. The maximum absolute atomic E-state index is 10.8. The first-order valence-corrected chi connectivity index (χ1v) is 5.69. The van der Waals surface area contributed by atoms with Crippen molar-refractivity contribution in [3.63, 3.8) is 0 Å². The lowest BCUT2D eigenvalue weighted by Crippen LogP contribution is -2.38. The largest absolute Gasteiger partial charge is 0.356 e. The fourth-order valence-corrected chi connectivity index (χ4v) is 2.02. The first kappa shape index (κ1) is 12.2. The average molecular weight is 210 g/mol. The molecule has 0 spiro atoms. The van der Waals surface area contributed by atoms with Crippen molar-refractivity contribution in [1.82, 2.24) is 10.2 Å². The van der Waals surface area contributed by atoms with Gasteiger partial charge in [-0.1, -0.05) is 12.2 Å². The Morgan fingerprint density at radius 3 is 2.47 bits per heavy atom. The smallest absolute Gasteiger partial charge is 0.216 e. The van der Waals surface area contributed by atoms with Crippen molar-refractivity contribution in [2.75, 3.05) is 26.2 Å². The number of hydrogen-bond donors (Lipinski definition) is 1. The second-order valence-electron chi connectivity index (χ2n) is 4.61. The molecule has 1 amide bonds. The Bertz CT molecular complexity index is 230. The number of carbonyl (C=O) groups excluding carboxylic acids is 1. The van der Waals surface area contributed by atoms with E-state index in [9.17, 15) is 4.79 Å². The Labute approximate surface area is 92.5 Å². The van der Waals surface area contributed by atoms with Crippen molar-refractivity contribution in [2.24, 2.45) is 5.92 Å². The summed E-state index contributed by atoms with van der Waals surface area (Å²) in [4.78, 5) is 13.2. The van der Waals surface area contributed by atoms with Gasteiger partial charge in [0.15, 0.2) is 0 Å². The molecule has 1 heterocycles. The van der Waals surface area contributed by atoms with Gasteiger partial charge in [0.05, 0.1) is 0 Å². The minimum atomic E-state index is 0.0827. The summed E-state index contributed by atoms with van der Waals surface area (Å²) in [7, 11) is 0. The Morgan fingerprint density at radius 2 is 2.00 bits per heavy atom. The number of hydrogen-bond acceptors (Lipinski definition) is 2. The van der Waals surface area contributed by atoms with Crippen LogP contribution in [0.4, 0.5) is 0 Å². The standard InChI is InChI=1S/C12H22N2O/c1-10(2)9-14-6-4-12(5-7-14)8-13-11(3)15/h12H,1,4-9H2,2-3H3,(H,13,15). The molecule has 1 aliphatic rings. The minimum Gasteiger partial charge on any atom is -0.356 e. The first-order chi connectivity index (χ1) is 7.08. The molecule has 1 aliphatic heterocycles. The summed E-state index contributed by atoms with van der Waals surface area (Å²) in [6.45, 7) is 11.7. The zero-order valence-corrected chi connectivity index (χ0v) is 9.88. The van der Waals surface area contributed by atoms with Crippen LogP contribution in [0.5, 0.6) is 0 Å². The summed E-state index contributed by atoms with van der Waals surface area (Å²) in [6.07, 6.45) is 2.38. The lowest BCUT2D eigenvalue weighted by Gasteiger charge is -2.31. The molecule has 1 fully saturated rings. The van der Waals surface area contributed by atoms with Crippen LogP contribution in [-0.4, -0.2) is 37.0 Å². The summed E-state index contributed by atoms with van der Waals surface area (Å²) in [5.74, 6) is 0.745. The van der Waals surface area contributed by atoms with Crippen LogP contribution in [0.2, 0.25) is 0 Å². The molecule has 0 aromatic rings. The number of nitrogens with one attached hydrogen (secondary N) is 1. The molecule has 15 heavy (non-hydrogen) atoms. The van der Waals surface area contributed by atoms with Crippen LogP contribution in [0.3, 0.4) is 0 Å². The van der Waals surface area contributed by atoms with Gasteiger partial charge in [-0.25, -0.2) is 0 Å². The van der Waals surface area contributed by atoms with E-state index in [2.05, 4.69) is 23.7 Å². The van der Waals surface area contributed by atoms with E-state index < -0.39 is 0 Å². The molecule has 3 nitrogen and oxygen atoms in total. The third kappa shape index (κ3) is 4.98. The Morgan fingerprint density at radius 1 is 1.40 bits per heavy atom. The van der Waals surface area contributed by atoms with E-state index in [0.717, 1.165) is 26.2 Å². The lowest BCUT2D eigenvalue weighted by molar-refractivity contribution is -0.119. The number of likely N-dealkylation sites (tertiary alicyclic amines) is 1. The molecule has 0 saturated carbocycles. The number of amides is 1. The predicted octanol–water partition coefficient (Wildman–Crippen LogP) is 1.41. The Kier molecular flexibility index (Phi) is 4.82. The fraction of sp³-hybridized carbons (Fsp3) is 0.750. The van der Waals surface area contributed by atoms with Crippen LogP contribution in [0, 0.1) is 5.92 Å². The fourth-order valence-electron chi connectivity index (χ4n) is 2.02. The quantitative estimate of drug-likeness (QED) is 0.712. The molecule has 0 aliphatic carbocycles. The van der Waals surface area contributed by atoms with E-state index >= 15 is 0 Å². The van der Waals surface area contributed by atoms with Gasteiger partial charge in [-0.15, -0.1) is 0 Å². The van der Waals surface area contributed by atoms with E-state index in [1.807, 2.05) is 0 Å². The van der Waals surface area contributed by atoms with E-state index in [1.165, 1.54) is 18.4 Å². The summed E-state index contributed by atoms with van der Waals surface area (Å²) in [5, 5.41) is 2.90. The molecule has 0 unspecified atom stereocenters. The highest BCUT2D eigenvalue weighted by molar-refractivity contribution is 5.72. The van der Waals surface area contributed by atoms with Crippen LogP contribution >= 0.6 is 0 Å². The van der Waals surface area contributed by atoms with Gasteiger partial charge in [0.2, 0.25) is 5.91 Å². The molecule has 1 saturated heterocycles. The van der Waals surface area contributed by atoms with E-state index in [-0.39, 0.29) is 5.91 Å². The highest BCUT2D eigenvalue weighted by Crippen LogP contribution is 2.16. The number of piperidine rings is 1. The second-order valence-corrected chi connectivity index (χ2v) is 4.61. The number of nitrogens with zero attached hydrogens (tertiary/aromatic N) is 1. The van der Waals surface area contributed by atoms with Gasteiger partial charge in [0, 0.05) is 20.0 Å². The molecule has 0 atom stereocenters. The highest BCUT2D eigenvalue weighted by atomic mass is 16.1. The van der Waals surface area contributed by atoms with Crippen molar-refractivity contribution in [2.45, 2.75) is 26.7 Å². The van der Waals surface area contributed by atoms with E-state index in [1.54, 1.807) is 6.92 Å². The molecule has 0 bridgehead atoms. The maximum atomic E-state index is 10.8. The van der Waals surface area contributed by atoms with Gasteiger partial charge < -0.3 is 5.32 Å². The van der Waals surface area contributed by atoms with Gasteiger partial charge in [-0.05, 0) is 38.8 Å². The van der Waals surface area contributed by atoms with Gasteiger partial charge >= 0.3 is 0 Å². The SMILES string of the molecule is C=C(C)CN1CCC(CNC(C)=O)CC1. The zero-order chi connectivity index (χ0) is 11.3. The molecule has 1 N–H and O–H groups in total. The van der Waals surface area contributed by atoms with Crippen LogP contribution in [0.15, 0.2) is 12.2 Å². The molecular weight excluding hydrogens is 188 g/mol. The zero-order valence-electron chi connectivity index (χ0n) is 9.88. The van der Waals surface area contributed by atoms with Crippen LogP contribution < -0.4 is 5.32 Å². The van der Waals surface area contributed by atoms with Crippen molar-refractivity contribution < 1.29 is 4.79 Å². The second kappa shape index (κ2) is 5.91. The van der Waals surface area contributed by atoms with E-state index in [4.69, 9.17) is 0 Å².